The fourth-order valence-corrected chi connectivity index (χ4v) is 3.11. The van der Waals surface area contributed by atoms with E-state index in [9.17, 15) is 9.00 Å². The Labute approximate surface area is 125 Å². The highest BCUT2D eigenvalue weighted by atomic mass is 32.2. The van der Waals surface area contributed by atoms with Crippen molar-refractivity contribution in [3.05, 3.63) is 64.7 Å². The van der Waals surface area contributed by atoms with E-state index in [1.54, 1.807) is 30.3 Å². The molecule has 0 aromatic heterocycles. The second-order valence-corrected chi connectivity index (χ2v) is 6.02. The highest BCUT2D eigenvalue weighted by molar-refractivity contribution is 7.84. The molecule has 2 rings (SSSR count). The van der Waals surface area contributed by atoms with Gasteiger partial charge >= 0.3 is 5.97 Å². The molecule has 2 aromatic carbocycles. The summed E-state index contributed by atoms with van der Waals surface area (Å²) in [4.78, 5) is 11.4. The van der Waals surface area contributed by atoms with Crippen LogP contribution in [0.4, 0.5) is 0 Å². The largest absolute Gasteiger partial charge is 0.478 e. The third kappa shape index (κ3) is 3.56. The van der Waals surface area contributed by atoms with Crippen LogP contribution in [0.5, 0.6) is 0 Å². The molecule has 106 valence electrons. The molecule has 0 aliphatic rings. The van der Waals surface area contributed by atoms with E-state index >= 15 is 0 Å². The van der Waals surface area contributed by atoms with Gasteiger partial charge in [0, 0.05) is 4.90 Å². The van der Waals surface area contributed by atoms with Crippen LogP contribution in [0, 0.1) is 18.3 Å². The van der Waals surface area contributed by atoms with Gasteiger partial charge in [0.1, 0.15) is 0 Å². The lowest BCUT2D eigenvalue weighted by Gasteiger charge is -2.07. The molecular formula is C16H13NO3S. The maximum Gasteiger partial charge on any atom is 0.335 e. The molecule has 0 fully saturated rings. The van der Waals surface area contributed by atoms with E-state index < -0.39 is 16.8 Å². The molecular weight excluding hydrogens is 286 g/mol. The molecule has 4 nitrogen and oxygen atoms in total. The van der Waals surface area contributed by atoms with Gasteiger partial charge in [0.2, 0.25) is 0 Å². The molecule has 0 amide bonds. The smallest absolute Gasteiger partial charge is 0.335 e. The van der Waals surface area contributed by atoms with Gasteiger partial charge in [-0.2, -0.15) is 5.26 Å². The quantitative estimate of drug-likeness (QED) is 0.941. The first-order chi connectivity index (χ1) is 10.0. The summed E-state index contributed by atoms with van der Waals surface area (Å²) in [5, 5.41) is 17.7. The van der Waals surface area contributed by atoms with Crippen molar-refractivity contribution in [2.45, 2.75) is 17.6 Å². The van der Waals surface area contributed by atoms with Crippen LogP contribution in [-0.4, -0.2) is 15.3 Å². The number of nitrogens with zero attached hydrogens (tertiary/aromatic N) is 1. The van der Waals surface area contributed by atoms with E-state index in [2.05, 4.69) is 6.07 Å². The maximum absolute atomic E-state index is 12.3. The molecule has 0 heterocycles. The minimum Gasteiger partial charge on any atom is -0.478 e. The summed E-state index contributed by atoms with van der Waals surface area (Å²) in [6.07, 6.45) is 0. The van der Waals surface area contributed by atoms with Crippen molar-refractivity contribution in [3.8, 4) is 6.07 Å². The van der Waals surface area contributed by atoms with Crippen LogP contribution in [0.1, 0.15) is 27.0 Å². The SMILES string of the molecule is Cc1cc(C#N)ccc1CS(=O)c1ccc(C(=O)O)cc1. The average molecular weight is 299 g/mol. The zero-order valence-corrected chi connectivity index (χ0v) is 12.2. The first-order valence-electron chi connectivity index (χ1n) is 6.22. The van der Waals surface area contributed by atoms with E-state index in [1.165, 1.54) is 12.1 Å². The van der Waals surface area contributed by atoms with Crippen molar-refractivity contribution in [2.24, 2.45) is 0 Å². The Morgan fingerprint density at radius 1 is 1.24 bits per heavy atom. The van der Waals surface area contributed by atoms with Crippen molar-refractivity contribution in [1.82, 2.24) is 0 Å². The standard InChI is InChI=1S/C16H13NO3S/c1-11-8-12(9-17)2-3-14(11)10-21(20)15-6-4-13(5-7-15)16(18)19/h2-8H,10H2,1H3,(H,18,19). The lowest BCUT2D eigenvalue weighted by Crippen LogP contribution is -2.01. The van der Waals surface area contributed by atoms with Gasteiger partial charge in [-0.15, -0.1) is 0 Å². The summed E-state index contributed by atoms with van der Waals surface area (Å²) < 4.78 is 12.3. The monoisotopic (exact) mass is 299 g/mol. The predicted octanol–water partition coefficient (Wildman–Crippen LogP) is 2.87. The van der Waals surface area contributed by atoms with Crippen LogP contribution in [0.2, 0.25) is 0 Å². The topological polar surface area (TPSA) is 78.2 Å². The van der Waals surface area contributed by atoms with Gasteiger partial charge in [-0.1, -0.05) is 6.07 Å². The van der Waals surface area contributed by atoms with E-state index in [-0.39, 0.29) is 5.56 Å². The molecule has 0 aliphatic carbocycles. The maximum atomic E-state index is 12.3. The number of nitriles is 1. The molecule has 5 heteroatoms. The zero-order valence-electron chi connectivity index (χ0n) is 11.4. The highest BCUT2D eigenvalue weighted by Gasteiger charge is 2.09. The Morgan fingerprint density at radius 3 is 2.43 bits per heavy atom. The van der Waals surface area contributed by atoms with Crippen molar-refractivity contribution in [2.75, 3.05) is 0 Å². The highest BCUT2D eigenvalue weighted by Crippen LogP contribution is 2.17. The molecule has 21 heavy (non-hydrogen) atoms. The molecule has 0 bridgehead atoms. The van der Waals surface area contributed by atoms with Gasteiger partial charge in [-0.3, -0.25) is 4.21 Å². The van der Waals surface area contributed by atoms with E-state index in [4.69, 9.17) is 10.4 Å². The van der Waals surface area contributed by atoms with Crippen LogP contribution in [0.25, 0.3) is 0 Å². The molecule has 1 atom stereocenters. The van der Waals surface area contributed by atoms with Crippen LogP contribution in [-0.2, 0) is 16.6 Å². The zero-order chi connectivity index (χ0) is 15.4. The Bertz CT molecular complexity index is 745. The number of aromatic carboxylic acids is 1. The van der Waals surface area contributed by atoms with Gasteiger partial charge in [0.25, 0.3) is 0 Å². The number of aryl methyl sites for hydroxylation is 1. The summed E-state index contributed by atoms with van der Waals surface area (Å²) in [5.41, 5.74) is 2.58. The Hall–Kier alpha value is -2.45. The molecule has 1 N–H and O–H groups in total. The molecule has 2 aromatic rings. The third-order valence-corrected chi connectivity index (χ3v) is 4.49. The minimum absolute atomic E-state index is 0.172. The summed E-state index contributed by atoms with van der Waals surface area (Å²) in [6, 6.07) is 13.4. The molecule has 0 saturated carbocycles. The predicted molar refractivity (Wildman–Crippen MR) is 79.4 cm³/mol. The van der Waals surface area contributed by atoms with Gasteiger partial charge in [-0.05, 0) is 54.4 Å². The van der Waals surface area contributed by atoms with Crippen LogP contribution in [0.3, 0.4) is 0 Å². The van der Waals surface area contributed by atoms with Crippen LogP contribution >= 0.6 is 0 Å². The fraction of sp³-hybridized carbons (Fsp3) is 0.125. The fourth-order valence-electron chi connectivity index (χ4n) is 1.90. The van der Waals surface area contributed by atoms with Crippen molar-refractivity contribution in [3.63, 3.8) is 0 Å². The summed E-state index contributed by atoms with van der Waals surface area (Å²) in [7, 11) is -1.25. The lowest BCUT2D eigenvalue weighted by atomic mass is 10.1. The number of carboxylic acids is 1. The van der Waals surface area contributed by atoms with E-state index in [0.29, 0.717) is 16.2 Å². The molecule has 0 radical (unpaired) electrons. The number of carboxylic acid groups (broad SMARTS) is 1. The first kappa shape index (κ1) is 14.9. The Kier molecular flexibility index (Phi) is 4.51. The average Bonchev–Trinajstić information content (AvgIpc) is 2.49. The Balaban J connectivity index is 2.18. The number of rotatable bonds is 4. The van der Waals surface area contributed by atoms with Crippen molar-refractivity contribution in [1.29, 1.82) is 5.26 Å². The van der Waals surface area contributed by atoms with Gasteiger partial charge in [0.15, 0.2) is 0 Å². The normalized spacial score (nSPS) is 11.6. The number of hydrogen-bond donors (Lipinski definition) is 1. The second kappa shape index (κ2) is 6.33. The van der Waals surface area contributed by atoms with Crippen LogP contribution in [0.15, 0.2) is 47.4 Å². The molecule has 0 saturated heterocycles. The van der Waals surface area contributed by atoms with Crippen molar-refractivity contribution >= 4 is 16.8 Å². The van der Waals surface area contributed by atoms with E-state index in [0.717, 1.165) is 11.1 Å². The van der Waals surface area contributed by atoms with E-state index in [1.807, 2.05) is 6.92 Å². The van der Waals surface area contributed by atoms with Crippen molar-refractivity contribution < 1.29 is 14.1 Å². The lowest BCUT2D eigenvalue weighted by molar-refractivity contribution is 0.0697. The number of hydrogen-bond acceptors (Lipinski definition) is 3. The van der Waals surface area contributed by atoms with Gasteiger partial charge in [-0.25, -0.2) is 4.79 Å². The summed E-state index contributed by atoms with van der Waals surface area (Å²) in [6.45, 7) is 1.88. The summed E-state index contributed by atoms with van der Waals surface area (Å²) in [5.74, 6) is -0.667. The third-order valence-electron chi connectivity index (χ3n) is 3.12. The van der Waals surface area contributed by atoms with Crippen LogP contribution < -0.4 is 0 Å². The molecule has 0 aliphatic heterocycles. The Morgan fingerprint density at radius 2 is 1.90 bits per heavy atom. The molecule has 1 unspecified atom stereocenters. The van der Waals surface area contributed by atoms with Gasteiger partial charge in [0.05, 0.1) is 33.7 Å². The first-order valence-corrected chi connectivity index (χ1v) is 7.54. The second-order valence-electron chi connectivity index (χ2n) is 4.57. The van der Waals surface area contributed by atoms with Gasteiger partial charge < -0.3 is 5.11 Å². The minimum atomic E-state index is -1.25. The number of carbonyl (C=O) groups is 1. The molecule has 0 spiro atoms. The number of benzene rings is 2. The summed E-state index contributed by atoms with van der Waals surface area (Å²) >= 11 is 0.